The van der Waals surface area contributed by atoms with E-state index < -0.39 is 18.3 Å². The first-order chi connectivity index (χ1) is 8.41. The smallest absolute Gasteiger partial charge is 0.469 e. The van der Waals surface area contributed by atoms with Gasteiger partial charge in [0.2, 0.25) is 0 Å². The maximum Gasteiger partial charge on any atom is 0.586 e. The lowest BCUT2D eigenvalue weighted by Gasteiger charge is -2.10. The first-order valence-electron chi connectivity index (χ1n) is 5.13. The van der Waals surface area contributed by atoms with E-state index in [0.29, 0.717) is 5.56 Å². The number of hydrogen-bond acceptors (Lipinski definition) is 5. The summed E-state index contributed by atoms with van der Waals surface area (Å²) in [5.41, 5.74) is 6.23. The Kier molecular flexibility index (Phi) is 3.08. The van der Waals surface area contributed by atoms with Crippen LogP contribution in [0.3, 0.4) is 0 Å². The molecule has 1 heterocycles. The molecule has 0 fully saturated rings. The third-order valence-electron chi connectivity index (χ3n) is 2.47. The Labute approximate surface area is 101 Å². The number of benzene rings is 1. The summed E-state index contributed by atoms with van der Waals surface area (Å²) >= 11 is 0. The average Bonchev–Trinajstić information content (AvgIpc) is 2.61. The fourth-order valence-corrected chi connectivity index (χ4v) is 1.58. The summed E-state index contributed by atoms with van der Waals surface area (Å²) in [6, 6.07) is 3.49. The van der Waals surface area contributed by atoms with Crippen LogP contribution < -0.4 is 15.2 Å². The lowest BCUT2D eigenvalue weighted by Crippen LogP contribution is -2.25. The first kappa shape index (κ1) is 12.6. The zero-order valence-corrected chi connectivity index (χ0v) is 9.48. The van der Waals surface area contributed by atoms with Gasteiger partial charge in [-0.25, -0.2) is 0 Å². The molecule has 1 atom stereocenters. The van der Waals surface area contributed by atoms with Crippen LogP contribution >= 0.6 is 0 Å². The maximum absolute atomic E-state index is 12.8. The summed E-state index contributed by atoms with van der Waals surface area (Å²) in [6.45, 7) is 0. The van der Waals surface area contributed by atoms with E-state index in [0.717, 1.165) is 0 Å². The second-order valence-electron chi connectivity index (χ2n) is 3.76. The monoisotopic (exact) mass is 259 g/mol. The SMILES string of the molecule is COC(=O)C[C@H](N)c1ccc2c(c1)OC(F)(F)O2. The molecule has 0 spiro atoms. The quantitative estimate of drug-likeness (QED) is 0.834. The van der Waals surface area contributed by atoms with Gasteiger partial charge in [0, 0.05) is 6.04 Å². The number of carbonyl (C=O) groups is 1. The largest absolute Gasteiger partial charge is 0.586 e. The van der Waals surface area contributed by atoms with Crippen molar-refractivity contribution in [3.8, 4) is 11.5 Å². The van der Waals surface area contributed by atoms with E-state index in [4.69, 9.17) is 5.73 Å². The summed E-state index contributed by atoms with van der Waals surface area (Å²) in [7, 11) is 1.25. The molecule has 1 aromatic carbocycles. The van der Waals surface area contributed by atoms with Gasteiger partial charge in [-0.3, -0.25) is 4.79 Å². The Morgan fingerprint density at radius 3 is 2.78 bits per heavy atom. The molecule has 1 aliphatic rings. The van der Waals surface area contributed by atoms with Crippen LogP contribution in [-0.2, 0) is 9.53 Å². The zero-order chi connectivity index (χ0) is 13.3. The molecule has 0 saturated carbocycles. The number of halogens is 2. The minimum Gasteiger partial charge on any atom is -0.469 e. The summed E-state index contributed by atoms with van der Waals surface area (Å²) in [5.74, 6) is -0.641. The van der Waals surface area contributed by atoms with Crippen LogP contribution in [0, 0.1) is 0 Å². The number of hydrogen-bond donors (Lipinski definition) is 1. The van der Waals surface area contributed by atoms with E-state index in [1.807, 2.05) is 0 Å². The Bertz CT molecular complexity index is 478. The van der Waals surface area contributed by atoms with Crippen LogP contribution in [0.15, 0.2) is 18.2 Å². The number of fused-ring (bicyclic) bond motifs is 1. The zero-order valence-electron chi connectivity index (χ0n) is 9.48. The van der Waals surface area contributed by atoms with Crippen molar-refractivity contribution in [3.63, 3.8) is 0 Å². The van der Waals surface area contributed by atoms with Crippen molar-refractivity contribution < 1.29 is 27.8 Å². The van der Waals surface area contributed by atoms with E-state index in [-0.39, 0.29) is 17.9 Å². The number of esters is 1. The predicted octanol–water partition coefficient (Wildman–Crippen LogP) is 1.57. The van der Waals surface area contributed by atoms with E-state index in [2.05, 4.69) is 14.2 Å². The van der Waals surface area contributed by atoms with Gasteiger partial charge in [0.05, 0.1) is 13.5 Å². The molecule has 0 radical (unpaired) electrons. The van der Waals surface area contributed by atoms with Gasteiger partial charge in [0.25, 0.3) is 0 Å². The highest BCUT2D eigenvalue weighted by atomic mass is 19.3. The third-order valence-corrected chi connectivity index (χ3v) is 2.47. The van der Waals surface area contributed by atoms with Crippen molar-refractivity contribution in [1.82, 2.24) is 0 Å². The standard InChI is InChI=1S/C11H11F2NO4/c1-16-10(15)5-7(14)6-2-3-8-9(4-6)18-11(12,13)17-8/h2-4,7H,5,14H2,1H3/t7-/m0/s1. The summed E-state index contributed by atoms with van der Waals surface area (Å²) in [5, 5.41) is 0. The van der Waals surface area contributed by atoms with Gasteiger partial charge in [-0.05, 0) is 17.7 Å². The molecule has 0 bridgehead atoms. The molecule has 5 nitrogen and oxygen atoms in total. The van der Waals surface area contributed by atoms with E-state index in [9.17, 15) is 13.6 Å². The highest BCUT2D eigenvalue weighted by molar-refractivity contribution is 5.70. The molecule has 0 amide bonds. The fraction of sp³-hybridized carbons (Fsp3) is 0.364. The molecule has 18 heavy (non-hydrogen) atoms. The van der Waals surface area contributed by atoms with Crippen molar-refractivity contribution in [1.29, 1.82) is 0 Å². The van der Waals surface area contributed by atoms with Gasteiger partial charge >= 0.3 is 12.3 Å². The molecule has 7 heteroatoms. The lowest BCUT2D eigenvalue weighted by atomic mass is 10.0. The summed E-state index contributed by atoms with van der Waals surface area (Å²) in [6.07, 6.45) is -3.71. The molecule has 1 aromatic rings. The van der Waals surface area contributed by atoms with Crippen molar-refractivity contribution in [3.05, 3.63) is 23.8 Å². The minimum atomic E-state index is -3.66. The molecule has 2 rings (SSSR count). The minimum absolute atomic E-state index is 0.0491. The highest BCUT2D eigenvalue weighted by Crippen LogP contribution is 2.42. The molecule has 0 unspecified atom stereocenters. The van der Waals surface area contributed by atoms with Crippen molar-refractivity contribution in [2.75, 3.05) is 7.11 Å². The van der Waals surface area contributed by atoms with E-state index in [1.165, 1.54) is 25.3 Å². The number of rotatable bonds is 3. The molecule has 98 valence electrons. The number of methoxy groups -OCH3 is 1. The molecule has 0 saturated heterocycles. The Hall–Kier alpha value is -1.89. The van der Waals surface area contributed by atoms with Crippen LogP contribution in [0.5, 0.6) is 11.5 Å². The van der Waals surface area contributed by atoms with Crippen LogP contribution in [-0.4, -0.2) is 19.4 Å². The third kappa shape index (κ3) is 2.51. The van der Waals surface area contributed by atoms with Gasteiger partial charge in [-0.15, -0.1) is 8.78 Å². The van der Waals surface area contributed by atoms with E-state index >= 15 is 0 Å². The van der Waals surface area contributed by atoms with Crippen LogP contribution in [0.2, 0.25) is 0 Å². The second kappa shape index (κ2) is 4.41. The molecular weight excluding hydrogens is 248 g/mol. The Balaban J connectivity index is 2.16. The van der Waals surface area contributed by atoms with Crippen molar-refractivity contribution in [2.45, 2.75) is 18.8 Å². The molecule has 0 aliphatic carbocycles. The fourth-order valence-electron chi connectivity index (χ4n) is 1.58. The van der Waals surface area contributed by atoms with E-state index in [1.54, 1.807) is 0 Å². The number of alkyl halides is 2. The van der Waals surface area contributed by atoms with Gasteiger partial charge in [-0.1, -0.05) is 6.07 Å². The Morgan fingerprint density at radius 2 is 2.11 bits per heavy atom. The number of carbonyl (C=O) groups excluding carboxylic acids is 1. The highest BCUT2D eigenvalue weighted by Gasteiger charge is 2.43. The van der Waals surface area contributed by atoms with Crippen LogP contribution in [0.25, 0.3) is 0 Å². The average molecular weight is 259 g/mol. The first-order valence-corrected chi connectivity index (χ1v) is 5.13. The predicted molar refractivity (Wildman–Crippen MR) is 56.2 cm³/mol. The molecule has 1 aliphatic heterocycles. The van der Waals surface area contributed by atoms with Crippen molar-refractivity contribution in [2.24, 2.45) is 5.73 Å². The second-order valence-corrected chi connectivity index (χ2v) is 3.76. The maximum atomic E-state index is 12.8. The lowest BCUT2D eigenvalue weighted by molar-refractivity contribution is -0.286. The van der Waals surface area contributed by atoms with Gasteiger partial charge in [0.15, 0.2) is 11.5 Å². The Morgan fingerprint density at radius 1 is 1.44 bits per heavy atom. The molecule has 2 N–H and O–H groups in total. The van der Waals surface area contributed by atoms with Crippen molar-refractivity contribution >= 4 is 5.97 Å². The van der Waals surface area contributed by atoms with Gasteiger partial charge < -0.3 is 19.9 Å². The van der Waals surface area contributed by atoms with Gasteiger partial charge in [-0.2, -0.15) is 0 Å². The topological polar surface area (TPSA) is 70.8 Å². The molecule has 0 aromatic heterocycles. The van der Waals surface area contributed by atoms with Crippen LogP contribution in [0.4, 0.5) is 8.78 Å². The summed E-state index contributed by atoms with van der Waals surface area (Å²) in [4.78, 5) is 11.1. The van der Waals surface area contributed by atoms with Crippen LogP contribution in [0.1, 0.15) is 18.0 Å². The number of nitrogens with two attached hydrogens (primary N) is 1. The van der Waals surface area contributed by atoms with Gasteiger partial charge in [0.1, 0.15) is 0 Å². The molecular formula is C11H11F2NO4. The number of ether oxygens (including phenoxy) is 3. The summed E-state index contributed by atoms with van der Waals surface area (Å²) < 4.78 is 38.6. The normalized spacial score (nSPS) is 17.3.